The van der Waals surface area contributed by atoms with Crippen LogP contribution in [0.4, 0.5) is 0 Å². The third-order valence-corrected chi connectivity index (χ3v) is 1.98. The second-order valence-corrected chi connectivity index (χ2v) is 3.28. The quantitative estimate of drug-likeness (QED) is 0.302. The molecule has 0 spiro atoms. The number of carboxylic acid groups (broad SMARTS) is 1. The van der Waals surface area contributed by atoms with Crippen LogP contribution in [-0.2, 0) is 4.79 Å². The van der Waals surface area contributed by atoms with Gasteiger partial charge in [-0.3, -0.25) is 0 Å². The Kier molecular flexibility index (Phi) is 17.1. The average Bonchev–Trinajstić information content (AvgIpc) is 2.09. The average molecular weight is 222 g/mol. The van der Waals surface area contributed by atoms with Crippen molar-refractivity contribution in [3.05, 3.63) is 12.2 Å². The molecular weight excluding hydrogens is 203 g/mol. The zero-order valence-corrected chi connectivity index (χ0v) is 12.5. The molecule has 0 atom stereocenters. The first kappa shape index (κ1) is 17.2. The van der Waals surface area contributed by atoms with Gasteiger partial charge in [0.05, 0.1) is 5.97 Å². The predicted octanol–water partition coefficient (Wildman–Crippen LogP) is -0.953. The Balaban J connectivity index is 0. The minimum absolute atomic E-state index is 0. The number of carbonyl (C=O) groups is 1. The van der Waals surface area contributed by atoms with Crippen LogP contribution in [0.1, 0.15) is 51.9 Å². The fourth-order valence-corrected chi connectivity index (χ4v) is 1.22. The summed E-state index contributed by atoms with van der Waals surface area (Å²) >= 11 is 0. The van der Waals surface area contributed by atoms with Crippen molar-refractivity contribution in [3.8, 4) is 0 Å². The zero-order valence-electron chi connectivity index (χ0n) is 9.42. The maximum atomic E-state index is 9.98. The van der Waals surface area contributed by atoms with E-state index < -0.39 is 5.97 Å². The molecule has 0 radical (unpaired) electrons. The Morgan fingerprint density at radius 2 is 1.71 bits per heavy atom. The largest absolute Gasteiger partial charge is 1.00 e. The molecule has 0 rings (SSSR count). The van der Waals surface area contributed by atoms with Gasteiger partial charge in [0.2, 0.25) is 0 Å². The number of hydrogen-bond acceptors (Lipinski definition) is 2. The van der Waals surface area contributed by atoms with Crippen molar-refractivity contribution in [1.29, 1.82) is 0 Å². The van der Waals surface area contributed by atoms with Crippen molar-refractivity contribution >= 4 is 5.97 Å². The van der Waals surface area contributed by atoms with Crippen LogP contribution in [0.15, 0.2) is 12.2 Å². The Morgan fingerprint density at radius 3 is 2.29 bits per heavy atom. The van der Waals surface area contributed by atoms with Crippen LogP contribution in [0.2, 0.25) is 0 Å². The normalized spacial score (nSPS) is 10.1. The van der Waals surface area contributed by atoms with Crippen molar-refractivity contribution in [3.63, 3.8) is 0 Å². The van der Waals surface area contributed by atoms with Gasteiger partial charge in [0.1, 0.15) is 0 Å². The van der Waals surface area contributed by atoms with Gasteiger partial charge in [0.15, 0.2) is 0 Å². The molecule has 76 valence electrons. The summed E-state index contributed by atoms with van der Waals surface area (Å²) in [7, 11) is 0. The Morgan fingerprint density at radius 1 is 1.14 bits per heavy atom. The number of rotatable bonds is 8. The number of allylic oxidation sites excluding steroid dienone is 1. The minimum Gasteiger partial charge on any atom is -0.545 e. The monoisotopic (exact) mass is 222 g/mol. The molecule has 0 amide bonds. The molecule has 0 fully saturated rings. The summed E-state index contributed by atoms with van der Waals surface area (Å²) in [6, 6.07) is 0. The molecule has 0 aromatic rings. The fraction of sp³-hybridized carbons (Fsp3) is 0.727. The van der Waals surface area contributed by atoms with E-state index in [4.69, 9.17) is 0 Å². The molecule has 0 unspecified atom stereocenters. The molecule has 0 aliphatic rings. The van der Waals surface area contributed by atoms with Crippen molar-refractivity contribution in [2.45, 2.75) is 51.9 Å². The second-order valence-electron chi connectivity index (χ2n) is 3.28. The van der Waals surface area contributed by atoms with Crippen LogP contribution in [0.5, 0.6) is 0 Å². The molecule has 14 heavy (non-hydrogen) atoms. The van der Waals surface area contributed by atoms with E-state index in [2.05, 4.69) is 6.92 Å². The second kappa shape index (κ2) is 13.8. The van der Waals surface area contributed by atoms with Crippen molar-refractivity contribution in [2.24, 2.45) is 0 Å². The first-order valence-electron chi connectivity index (χ1n) is 5.15. The molecule has 0 N–H and O–H groups in total. The standard InChI is InChI=1S/C11H20O2.K/c1-2-3-4-5-6-7-8-9-10-11(12)13;/h9-10H,2-8H2,1H3,(H,12,13);/q;+1/p-1/b10-9+;. The summed E-state index contributed by atoms with van der Waals surface area (Å²) in [5.41, 5.74) is 0. The van der Waals surface area contributed by atoms with Gasteiger partial charge < -0.3 is 9.90 Å². The first-order valence-corrected chi connectivity index (χ1v) is 5.15. The smallest absolute Gasteiger partial charge is 0.545 e. The molecule has 0 bridgehead atoms. The van der Waals surface area contributed by atoms with Crippen LogP contribution in [0, 0.1) is 0 Å². The van der Waals surface area contributed by atoms with Gasteiger partial charge in [0, 0.05) is 0 Å². The van der Waals surface area contributed by atoms with Crippen LogP contribution in [0.25, 0.3) is 0 Å². The van der Waals surface area contributed by atoms with Gasteiger partial charge in [-0.1, -0.05) is 45.1 Å². The first-order chi connectivity index (χ1) is 6.27. The number of aliphatic carboxylic acids is 1. The molecule has 0 saturated carbocycles. The van der Waals surface area contributed by atoms with Crippen molar-refractivity contribution < 1.29 is 61.3 Å². The predicted molar refractivity (Wildman–Crippen MR) is 52.1 cm³/mol. The van der Waals surface area contributed by atoms with E-state index in [0.29, 0.717) is 0 Å². The molecule has 0 aromatic carbocycles. The minimum atomic E-state index is -1.09. The summed E-state index contributed by atoms with van der Waals surface area (Å²) in [5, 5.41) is 9.98. The van der Waals surface area contributed by atoms with Gasteiger partial charge in [-0.25, -0.2) is 0 Å². The fourth-order valence-electron chi connectivity index (χ4n) is 1.22. The molecule has 0 aliphatic heterocycles. The third-order valence-electron chi connectivity index (χ3n) is 1.98. The van der Waals surface area contributed by atoms with Gasteiger partial charge >= 0.3 is 51.4 Å². The Hall–Kier alpha value is 0.846. The molecule has 0 heterocycles. The summed E-state index contributed by atoms with van der Waals surface area (Å²) < 4.78 is 0. The summed E-state index contributed by atoms with van der Waals surface area (Å²) in [4.78, 5) is 9.98. The molecule has 0 aliphatic carbocycles. The summed E-state index contributed by atoms with van der Waals surface area (Å²) in [6.45, 7) is 2.20. The zero-order chi connectivity index (χ0) is 9.94. The number of carboxylic acids is 1. The van der Waals surface area contributed by atoms with E-state index in [1.54, 1.807) is 6.08 Å². The van der Waals surface area contributed by atoms with E-state index in [-0.39, 0.29) is 51.4 Å². The van der Waals surface area contributed by atoms with Crippen LogP contribution < -0.4 is 56.5 Å². The summed E-state index contributed by atoms with van der Waals surface area (Å²) in [5.74, 6) is -1.09. The van der Waals surface area contributed by atoms with Crippen LogP contribution >= 0.6 is 0 Å². The van der Waals surface area contributed by atoms with Crippen molar-refractivity contribution in [2.75, 3.05) is 0 Å². The number of hydrogen-bond donors (Lipinski definition) is 0. The molecular formula is C11H19KO2. The van der Waals surface area contributed by atoms with E-state index >= 15 is 0 Å². The maximum absolute atomic E-state index is 9.98. The van der Waals surface area contributed by atoms with Crippen LogP contribution in [0.3, 0.4) is 0 Å². The molecule has 3 heteroatoms. The van der Waals surface area contributed by atoms with E-state index in [0.717, 1.165) is 18.9 Å². The molecule has 0 aromatic heterocycles. The van der Waals surface area contributed by atoms with Gasteiger partial charge in [0.25, 0.3) is 0 Å². The molecule has 0 saturated heterocycles. The van der Waals surface area contributed by atoms with Crippen molar-refractivity contribution in [1.82, 2.24) is 0 Å². The van der Waals surface area contributed by atoms with E-state index in [1.165, 1.54) is 32.1 Å². The van der Waals surface area contributed by atoms with E-state index in [1.807, 2.05) is 0 Å². The van der Waals surface area contributed by atoms with Crippen LogP contribution in [-0.4, -0.2) is 5.97 Å². The molecule has 2 nitrogen and oxygen atoms in total. The topological polar surface area (TPSA) is 40.1 Å². The van der Waals surface area contributed by atoms with Gasteiger partial charge in [-0.15, -0.1) is 0 Å². The van der Waals surface area contributed by atoms with Gasteiger partial charge in [-0.2, -0.15) is 0 Å². The third kappa shape index (κ3) is 15.3. The number of unbranched alkanes of at least 4 members (excludes halogenated alkanes) is 6. The Labute approximate surface area is 130 Å². The summed E-state index contributed by atoms with van der Waals surface area (Å²) in [6.07, 6.45) is 11.1. The maximum Gasteiger partial charge on any atom is 1.00 e. The van der Waals surface area contributed by atoms with E-state index in [9.17, 15) is 9.90 Å². The van der Waals surface area contributed by atoms with Gasteiger partial charge in [-0.05, 0) is 18.9 Å². The Bertz CT molecular complexity index is 155. The SMILES string of the molecule is CCCCCCCC/C=C/C(=O)[O-].[K+]. The number of carbonyl (C=O) groups excluding carboxylic acids is 1.